The van der Waals surface area contributed by atoms with Crippen LogP contribution in [-0.4, -0.2) is 22.2 Å². The molecule has 0 bridgehead atoms. The second-order valence-corrected chi connectivity index (χ2v) is 8.83. The maximum atomic E-state index is 12.4. The third-order valence-electron chi connectivity index (χ3n) is 6.75. The molecule has 6 aromatic carbocycles. The first kappa shape index (κ1) is 20.9. The van der Waals surface area contributed by atoms with Crippen LogP contribution < -0.4 is 0 Å². The van der Waals surface area contributed by atoms with E-state index < -0.39 is 11.9 Å². The molecule has 0 spiro atoms. The van der Waals surface area contributed by atoms with Crippen LogP contribution in [0.2, 0.25) is 0 Å². The van der Waals surface area contributed by atoms with Gasteiger partial charge in [-0.15, -0.1) is 0 Å². The second-order valence-electron chi connectivity index (χ2n) is 8.83. The second kappa shape index (κ2) is 7.96. The van der Waals surface area contributed by atoms with Gasteiger partial charge in [0.05, 0.1) is 11.1 Å². The van der Waals surface area contributed by atoms with Crippen LogP contribution in [0.25, 0.3) is 43.1 Å². The average Bonchev–Trinajstić information content (AvgIpc) is 2.85. The molecule has 0 heterocycles. The molecule has 0 atom stereocenters. The van der Waals surface area contributed by atoms with Crippen molar-refractivity contribution in [3.8, 4) is 0 Å². The Morgan fingerprint density at radius 2 is 0.857 bits per heavy atom. The highest BCUT2D eigenvalue weighted by molar-refractivity contribution is 6.11. The minimum Gasteiger partial charge on any atom is -0.478 e. The van der Waals surface area contributed by atoms with Crippen molar-refractivity contribution in [2.75, 3.05) is 0 Å². The van der Waals surface area contributed by atoms with E-state index >= 15 is 0 Å². The summed E-state index contributed by atoms with van der Waals surface area (Å²) in [6.07, 6.45) is 0.203. The molecule has 6 rings (SSSR count). The summed E-state index contributed by atoms with van der Waals surface area (Å²) < 4.78 is 0. The van der Waals surface area contributed by atoms with Crippen LogP contribution in [0.1, 0.15) is 31.8 Å². The van der Waals surface area contributed by atoms with Crippen molar-refractivity contribution in [2.24, 2.45) is 0 Å². The summed E-state index contributed by atoms with van der Waals surface area (Å²) in [5, 5.41) is 27.3. The quantitative estimate of drug-likeness (QED) is 0.273. The lowest BCUT2D eigenvalue weighted by atomic mass is 9.89. The summed E-state index contributed by atoms with van der Waals surface area (Å²) in [4.78, 5) is 24.8. The number of rotatable bonds is 4. The number of carboxylic acid groups (broad SMARTS) is 2. The molecule has 0 radical (unpaired) electrons. The van der Waals surface area contributed by atoms with Gasteiger partial charge in [-0.2, -0.15) is 0 Å². The van der Waals surface area contributed by atoms with Gasteiger partial charge in [0.25, 0.3) is 0 Å². The van der Waals surface area contributed by atoms with Gasteiger partial charge in [-0.05, 0) is 84.9 Å². The van der Waals surface area contributed by atoms with Gasteiger partial charge in [0.15, 0.2) is 0 Å². The third kappa shape index (κ3) is 3.47. The van der Waals surface area contributed by atoms with E-state index in [-0.39, 0.29) is 17.5 Å². The smallest absolute Gasteiger partial charge is 0.336 e. The van der Waals surface area contributed by atoms with Crippen molar-refractivity contribution in [3.63, 3.8) is 0 Å². The van der Waals surface area contributed by atoms with Crippen LogP contribution in [0.3, 0.4) is 0 Å². The number of benzene rings is 6. The van der Waals surface area contributed by atoms with E-state index in [4.69, 9.17) is 0 Å². The van der Waals surface area contributed by atoms with Gasteiger partial charge < -0.3 is 10.2 Å². The van der Waals surface area contributed by atoms with Crippen LogP contribution >= 0.6 is 0 Å². The Morgan fingerprint density at radius 3 is 1.23 bits per heavy atom. The molecule has 4 nitrogen and oxygen atoms in total. The largest absolute Gasteiger partial charge is 0.478 e. The van der Waals surface area contributed by atoms with Crippen LogP contribution in [0.5, 0.6) is 0 Å². The SMILES string of the molecule is O=C(O)c1c(Cc2ccc3cc4ccccc4cc3c2C(=O)O)ccc2cc3ccccc3cc12. The van der Waals surface area contributed by atoms with E-state index in [0.717, 1.165) is 32.3 Å². The minimum atomic E-state index is -1.02. The van der Waals surface area contributed by atoms with E-state index in [1.807, 2.05) is 84.9 Å². The molecule has 4 heteroatoms. The van der Waals surface area contributed by atoms with Crippen molar-refractivity contribution in [2.45, 2.75) is 6.42 Å². The first-order valence-corrected chi connectivity index (χ1v) is 11.3. The molecule has 0 unspecified atom stereocenters. The lowest BCUT2D eigenvalue weighted by molar-refractivity contribution is 0.0688. The maximum Gasteiger partial charge on any atom is 0.336 e. The zero-order valence-corrected chi connectivity index (χ0v) is 18.7. The van der Waals surface area contributed by atoms with E-state index in [9.17, 15) is 19.8 Å². The Morgan fingerprint density at radius 1 is 0.486 bits per heavy atom. The van der Waals surface area contributed by atoms with Crippen LogP contribution in [0.15, 0.2) is 97.1 Å². The van der Waals surface area contributed by atoms with Gasteiger partial charge in [0, 0.05) is 0 Å². The number of carbonyl (C=O) groups is 2. The molecule has 0 saturated carbocycles. The predicted molar refractivity (Wildman–Crippen MR) is 140 cm³/mol. The molecule has 0 aromatic heterocycles. The summed E-state index contributed by atoms with van der Waals surface area (Å²) in [6.45, 7) is 0. The lowest BCUT2D eigenvalue weighted by Crippen LogP contribution is -2.08. The monoisotopic (exact) mass is 456 g/mol. The van der Waals surface area contributed by atoms with Gasteiger partial charge in [-0.1, -0.05) is 72.8 Å². The summed E-state index contributed by atoms with van der Waals surface area (Å²) in [5.41, 5.74) is 1.59. The Labute approximate surface area is 200 Å². The van der Waals surface area contributed by atoms with Crippen LogP contribution in [-0.2, 0) is 6.42 Å². The van der Waals surface area contributed by atoms with Crippen molar-refractivity contribution in [3.05, 3.63) is 119 Å². The molecule has 168 valence electrons. The van der Waals surface area contributed by atoms with Crippen molar-refractivity contribution >= 4 is 55.0 Å². The fourth-order valence-corrected chi connectivity index (χ4v) is 5.12. The zero-order chi connectivity index (χ0) is 24.1. The normalized spacial score (nSPS) is 11.4. The standard InChI is InChI=1S/C31H20O4/c32-30(33)28-24(11-9-22-13-18-5-1-3-7-20(18)16-26(22)28)15-25-12-10-23-14-19-6-2-4-8-21(19)17-27(23)29(25)31(34)35/h1-14,16-17H,15H2,(H,32,33)(H,34,35). The molecule has 2 N–H and O–H groups in total. The summed E-state index contributed by atoms with van der Waals surface area (Å²) >= 11 is 0. The fraction of sp³-hybridized carbons (Fsp3) is 0.0323. The van der Waals surface area contributed by atoms with Crippen LogP contribution in [0.4, 0.5) is 0 Å². The topological polar surface area (TPSA) is 74.6 Å². The zero-order valence-electron chi connectivity index (χ0n) is 18.7. The van der Waals surface area contributed by atoms with Gasteiger partial charge in [-0.3, -0.25) is 0 Å². The van der Waals surface area contributed by atoms with E-state index in [0.29, 0.717) is 21.9 Å². The number of carboxylic acids is 2. The highest BCUT2D eigenvalue weighted by Gasteiger charge is 2.20. The summed E-state index contributed by atoms with van der Waals surface area (Å²) in [6, 6.07) is 30.9. The summed E-state index contributed by atoms with van der Waals surface area (Å²) in [7, 11) is 0. The molecule has 0 aliphatic heterocycles. The highest BCUT2D eigenvalue weighted by atomic mass is 16.4. The molecule has 0 saturated heterocycles. The van der Waals surface area contributed by atoms with Crippen molar-refractivity contribution in [1.82, 2.24) is 0 Å². The fourth-order valence-electron chi connectivity index (χ4n) is 5.12. The van der Waals surface area contributed by atoms with Gasteiger partial charge in [0.2, 0.25) is 0 Å². The first-order valence-electron chi connectivity index (χ1n) is 11.3. The van der Waals surface area contributed by atoms with Crippen molar-refractivity contribution < 1.29 is 19.8 Å². The van der Waals surface area contributed by atoms with E-state index in [2.05, 4.69) is 0 Å². The summed E-state index contributed by atoms with van der Waals surface area (Å²) in [5.74, 6) is -2.05. The van der Waals surface area contributed by atoms with Gasteiger partial charge in [0.1, 0.15) is 0 Å². The molecule has 0 fully saturated rings. The van der Waals surface area contributed by atoms with Gasteiger partial charge in [-0.25, -0.2) is 9.59 Å². The van der Waals surface area contributed by atoms with Crippen LogP contribution in [0, 0.1) is 0 Å². The Balaban J connectivity index is 1.57. The average molecular weight is 456 g/mol. The molecule has 35 heavy (non-hydrogen) atoms. The molecule has 0 aliphatic carbocycles. The van der Waals surface area contributed by atoms with Gasteiger partial charge >= 0.3 is 11.9 Å². The number of hydrogen-bond acceptors (Lipinski definition) is 2. The van der Waals surface area contributed by atoms with E-state index in [1.165, 1.54) is 0 Å². The number of fused-ring (bicyclic) bond motifs is 4. The first-order chi connectivity index (χ1) is 17.0. The Bertz CT molecular complexity index is 1700. The molecular weight excluding hydrogens is 436 g/mol. The lowest BCUT2D eigenvalue weighted by Gasteiger charge is -2.14. The third-order valence-corrected chi connectivity index (χ3v) is 6.75. The number of hydrogen-bond donors (Lipinski definition) is 2. The minimum absolute atomic E-state index is 0.203. The number of aromatic carboxylic acids is 2. The van der Waals surface area contributed by atoms with Crippen molar-refractivity contribution in [1.29, 1.82) is 0 Å². The molecule has 0 amide bonds. The Hall–Kier alpha value is -4.70. The molecule has 0 aliphatic rings. The Kier molecular flexibility index (Phi) is 4.75. The van der Waals surface area contributed by atoms with E-state index in [1.54, 1.807) is 12.1 Å². The maximum absolute atomic E-state index is 12.4. The highest BCUT2D eigenvalue weighted by Crippen LogP contribution is 2.32. The molecule has 6 aromatic rings. The predicted octanol–water partition coefficient (Wildman–Crippen LogP) is 7.29. The molecular formula is C31H20O4.